The molecule has 7 atom stereocenters. The average Bonchev–Trinajstić information content (AvgIpc) is 3.27. The van der Waals surface area contributed by atoms with Crippen LogP contribution in [0.1, 0.15) is 264 Å². The van der Waals surface area contributed by atoms with E-state index in [1.54, 1.807) is 6.08 Å². The number of unbranched alkanes of at least 4 members (excludes halogenated alkanes) is 33. The standard InChI is InChI=1S/C29H57NO.C25H48O7/c1-2-3-4-5-6-7-8-9-10-11-12-13-14-15-16-17-18-19-20-21-22-23-24-25-26-27-28-29(30)31;1-2-3-4-5-6-7-8-9-10-11-12-13-15-19(27)20(28)16-14-17-21-23(29)25(31)24(30)22(18-26)32-21/h19-20H,2-18,21-28H2,1H3,(H2,30,31);14,17,19-31H,2-13,15-16,18H2,1H3/b20-19+;17-14+. The molecule has 0 aromatic heterocycles. The molecule has 1 saturated heterocycles. The van der Waals surface area contributed by atoms with Gasteiger partial charge in [0.2, 0.25) is 5.91 Å². The molecule has 7 unspecified atom stereocenters. The molecule has 1 aliphatic rings. The fourth-order valence-corrected chi connectivity index (χ4v) is 8.50. The Balaban J connectivity index is 0.00000122. The molecule has 0 radical (unpaired) electrons. The molecule has 9 heteroatoms. The summed E-state index contributed by atoms with van der Waals surface area (Å²) >= 11 is 0. The van der Waals surface area contributed by atoms with E-state index in [4.69, 9.17) is 10.5 Å². The highest BCUT2D eigenvalue weighted by Gasteiger charge is 2.42. The van der Waals surface area contributed by atoms with Crippen LogP contribution in [0.25, 0.3) is 0 Å². The SMILES string of the molecule is CCCCCCCCCCCCCCC(O)C(O)C/C=C/C1OC(CO)C(O)C(O)C1O.CCCCCCCCCCCCCCCCCC/C=C/CCCCCCCCC(N)=O. The minimum absolute atomic E-state index is 0.158. The summed E-state index contributed by atoms with van der Waals surface area (Å²) in [7, 11) is 0. The van der Waals surface area contributed by atoms with E-state index >= 15 is 0 Å². The van der Waals surface area contributed by atoms with Crippen molar-refractivity contribution in [2.24, 2.45) is 5.73 Å². The van der Waals surface area contributed by atoms with Gasteiger partial charge in [-0.3, -0.25) is 4.79 Å². The lowest BCUT2D eigenvalue weighted by Crippen LogP contribution is -2.57. The molecule has 0 saturated carbocycles. The van der Waals surface area contributed by atoms with Crippen molar-refractivity contribution in [3.63, 3.8) is 0 Å². The summed E-state index contributed by atoms with van der Waals surface area (Å²) < 4.78 is 5.38. The fourth-order valence-electron chi connectivity index (χ4n) is 8.50. The Labute approximate surface area is 388 Å². The maximum absolute atomic E-state index is 10.7. The lowest BCUT2D eigenvalue weighted by molar-refractivity contribution is -0.216. The average molecular weight is 896 g/mol. The van der Waals surface area contributed by atoms with Gasteiger partial charge in [0, 0.05) is 6.42 Å². The van der Waals surface area contributed by atoms with E-state index in [-0.39, 0.29) is 12.3 Å². The van der Waals surface area contributed by atoms with E-state index < -0.39 is 49.3 Å². The van der Waals surface area contributed by atoms with E-state index in [1.165, 1.54) is 205 Å². The number of hydrogen-bond donors (Lipinski definition) is 7. The maximum atomic E-state index is 10.7. The number of hydrogen-bond acceptors (Lipinski definition) is 8. The van der Waals surface area contributed by atoms with Crippen LogP contribution in [0.5, 0.6) is 0 Å². The highest BCUT2D eigenvalue weighted by atomic mass is 16.5. The van der Waals surface area contributed by atoms with Gasteiger partial charge in [-0.05, 0) is 44.9 Å². The zero-order chi connectivity index (χ0) is 46.4. The van der Waals surface area contributed by atoms with Crippen LogP contribution in [0.15, 0.2) is 24.3 Å². The second kappa shape index (κ2) is 47.2. The molecule has 1 amide bonds. The van der Waals surface area contributed by atoms with Crippen LogP contribution < -0.4 is 5.73 Å². The van der Waals surface area contributed by atoms with Crippen LogP contribution >= 0.6 is 0 Å². The van der Waals surface area contributed by atoms with E-state index in [0.29, 0.717) is 12.8 Å². The van der Waals surface area contributed by atoms with E-state index in [9.17, 15) is 35.4 Å². The van der Waals surface area contributed by atoms with E-state index in [0.717, 1.165) is 32.1 Å². The van der Waals surface area contributed by atoms with Gasteiger partial charge in [-0.15, -0.1) is 0 Å². The van der Waals surface area contributed by atoms with Gasteiger partial charge >= 0.3 is 0 Å². The Morgan fingerprint density at radius 1 is 0.492 bits per heavy atom. The third kappa shape index (κ3) is 39.5. The normalized spacial score (nSPS) is 20.0. The summed E-state index contributed by atoms with van der Waals surface area (Å²) in [5.41, 5.74) is 5.15. The first-order valence-electron chi connectivity index (χ1n) is 27.0. The van der Waals surface area contributed by atoms with Gasteiger partial charge in [-0.1, -0.05) is 237 Å². The number of carbonyl (C=O) groups excluding carboxylic acids is 1. The van der Waals surface area contributed by atoms with Crippen LogP contribution in [-0.2, 0) is 9.53 Å². The molecule has 0 aliphatic carbocycles. The Kier molecular flexibility index (Phi) is 46.2. The molecular weight excluding hydrogens is 791 g/mol. The molecule has 0 bridgehead atoms. The number of rotatable bonds is 44. The molecule has 0 aromatic carbocycles. The smallest absolute Gasteiger partial charge is 0.217 e. The molecular formula is C54H105NO8. The van der Waals surface area contributed by atoms with Gasteiger partial charge in [0.15, 0.2) is 0 Å². The molecule has 1 fully saturated rings. The predicted molar refractivity (Wildman–Crippen MR) is 265 cm³/mol. The quantitative estimate of drug-likeness (QED) is 0.0234. The van der Waals surface area contributed by atoms with Crippen LogP contribution in [0.4, 0.5) is 0 Å². The number of aliphatic hydroxyl groups is 6. The summed E-state index contributed by atoms with van der Waals surface area (Å²) in [6, 6.07) is 0. The first kappa shape index (κ1) is 61.7. The van der Waals surface area contributed by atoms with E-state index in [1.807, 2.05) is 0 Å². The molecule has 9 nitrogen and oxygen atoms in total. The third-order valence-electron chi connectivity index (χ3n) is 12.9. The fraction of sp³-hybridized carbons (Fsp3) is 0.907. The van der Waals surface area contributed by atoms with Crippen LogP contribution in [0, 0.1) is 0 Å². The minimum atomic E-state index is -1.42. The molecule has 1 aliphatic heterocycles. The molecule has 63 heavy (non-hydrogen) atoms. The van der Waals surface area contributed by atoms with Gasteiger partial charge in [-0.2, -0.15) is 0 Å². The Morgan fingerprint density at radius 2 is 0.857 bits per heavy atom. The number of carbonyl (C=O) groups is 1. The second-order valence-corrected chi connectivity index (χ2v) is 19.0. The summed E-state index contributed by atoms with van der Waals surface area (Å²) in [4.78, 5) is 10.7. The second-order valence-electron chi connectivity index (χ2n) is 19.0. The van der Waals surface area contributed by atoms with Gasteiger partial charge in [0.1, 0.15) is 30.5 Å². The van der Waals surface area contributed by atoms with Crippen molar-refractivity contribution in [1.82, 2.24) is 0 Å². The molecule has 8 N–H and O–H groups in total. The van der Waals surface area contributed by atoms with Crippen molar-refractivity contribution in [2.45, 2.75) is 307 Å². The van der Waals surface area contributed by atoms with Crippen molar-refractivity contribution in [1.29, 1.82) is 0 Å². The summed E-state index contributed by atoms with van der Waals surface area (Å²) in [6.07, 6.45) is 49.3. The summed E-state index contributed by atoms with van der Waals surface area (Å²) in [5.74, 6) is -0.158. The monoisotopic (exact) mass is 896 g/mol. The molecule has 374 valence electrons. The van der Waals surface area contributed by atoms with Crippen molar-refractivity contribution in [3.05, 3.63) is 24.3 Å². The minimum Gasteiger partial charge on any atom is -0.394 e. The van der Waals surface area contributed by atoms with Gasteiger partial charge in [0.25, 0.3) is 0 Å². The topological polar surface area (TPSA) is 174 Å². The third-order valence-corrected chi connectivity index (χ3v) is 12.9. The van der Waals surface area contributed by atoms with Crippen molar-refractivity contribution >= 4 is 5.91 Å². The predicted octanol–water partition coefficient (Wildman–Crippen LogP) is 12.4. The van der Waals surface area contributed by atoms with Gasteiger partial charge in [-0.25, -0.2) is 0 Å². The number of allylic oxidation sites excluding steroid dienone is 2. The first-order valence-corrected chi connectivity index (χ1v) is 27.0. The van der Waals surface area contributed by atoms with Crippen LogP contribution in [0.3, 0.4) is 0 Å². The number of ether oxygens (including phenoxy) is 1. The molecule has 0 spiro atoms. The molecule has 1 rings (SSSR count). The lowest BCUT2D eigenvalue weighted by atomic mass is 9.94. The number of aliphatic hydroxyl groups excluding tert-OH is 6. The Morgan fingerprint density at radius 3 is 1.24 bits per heavy atom. The maximum Gasteiger partial charge on any atom is 0.217 e. The summed E-state index contributed by atoms with van der Waals surface area (Å²) in [6.45, 7) is 4.06. The number of amides is 1. The van der Waals surface area contributed by atoms with Crippen molar-refractivity contribution < 1.29 is 40.2 Å². The van der Waals surface area contributed by atoms with E-state index in [2.05, 4.69) is 26.0 Å². The zero-order valence-electron chi connectivity index (χ0n) is 41.2. The van der Waals surface area contributed by atoms with Crippen LogP contribution in [0.2, 0.25) is 0 Å². The number of primary amides is 1. The molecule has 1 heterocycles. The Bertz CT molecular complexity index is 1010. The van der Waals surface area contributed by atoms with Crippen molar-refractivity contribution in [3.8, 4) is 0 Å². The zero-order valence-corrected chi connectivity index (χ0v) is 41.2. The highest BCUT2D eigenvalue weighted by molar-refractivity contribution is 5.73. The van der Waals surface area contributed by atoms with Crippen molar-refractivity contribution in [2.75, 3.05) is 6.61 Å². The molecule has 0 aromatic rings. The largest absolute Gasteiger partial charge is 0.394 e. The lowest BCUT2D eigenvalue weighted by Gasteiger charge is -2.39. The van der Waals surface area contributed by atoms with Gasteiger partial charge < -0.3 is 41.1 Å². The van der Waals surface area contributed by atoms with Gasteiger partial charge in [0.05, 0.1) is 18.8 Å². The first-order chi connectivity index (χ1) is 30.7. The number of nitrogens with two attached hydrogens (primary N) is 1. The summed E-state index contributed by atoms with van der Waals surface area (Å²) in [5, 5.41) is 59.1. The van der Waals surface area contributed by atoms with Crippen LogP contribution in [-0.4, -0.2) is 85.9 Å². The Hall–Kier alpha value is -1.33. The highest BCUT2D eigenvalue weighted by Crippen LogP contribution is 2.23.